The standard InChI is InChI=1S/C14H29N3O3/c1-12(18)17(11-10-15(2)3)9-7-6-8-13(14(19)20)16(4)5/h13H,6-11H2,1-5H3,(H,19,20). The topological polar surface area (TPSA) is 64.1 Å². The lowest BCUT2D eigenvalue weighted by atomic mass is 10.1. The number of rotatable bonds is 10. The predicted molar refractivity (Wildman–Crippen MR) is 79.8 cm³/mol. The molecule has 1 unspecified atom stereocenters. The van der Waals surface area contributed by atoms with Crippen molar-refractivity contribution in [1.29, 1.82) is 0 Å². The summed E-state index contributed by atoms with van der Waals surface area (Å²) in [7, 11) is 7.51. The minimum Gasteiger partial charge on any atom is -0.480 e. The smallest absolute Gasteiger partial charge is 0.320 e. The Balaban J connectivity index is 4.05. The third-order valence-corrected chi connectivity index (χ3v) is 3.33. The molecule has 6 heteroatoms. The number of hydrogen-bond donors (Lipinski definition) is 1. The Morgan fingerprint density at radius 3 is 2.00 bits per heavy atom. The first-order valence-electron chi connectivity index (χ1n) is 7.05. The molecule has 0 rings (SSSR count). The van der Waals surface area contributed by atoms with Gasteiger partial charge in [0.2, 0.25) is 5.91 Å². The van der Waals surface area contributed by atoms with Gasteiger partial charge in [0, 0.05) is 26.6 Å². The van der Waals surface area contributed by atoms with Gasteiger partial charge in [-0.25, -0.2) is 0 Å². The van der Waals surface area contributed by atoms with E-state index in [0.29, 0.717) is 13.0 Å². The molecular formula is C14H29N3O3. The quantitative estimate of drug-likeness (QED) is 0.596. The number of hydrogen-bond acceptors (Lipinski definition) is 4. The van der Waals surface area contributed by atoms with Gasteiger partial charge in [0.25, 0.3) is 0 Å². The number of carboxylic acids is 1. The Bertz CT molecular complexity index is 306. The van der Waals surface area contributed by atoms with Crippen LogP contribution in [0.25, 0.3) is 0 Å². The van der Waals surface area contributed by atoms with Gasteiger partial charge in [-0.2, -0.15) is 0 Å². The highest BCUT2D eigenvalue weighted by Gasteiger charge is 2.19. The van der Waals surface area contributed by atoms with Gasteiger partial charge in [-0.3, -0.25) is 14.5 Å². The zero-order valence-corrected chi connectivity index (χ0v) is 13.4. The van der Waals surface area contributed by atoms with Crippen LogP contribution < -0.4 is 0 Å². The van der Waals surface area contributed by atoms with E-state index in [4.69, 9.17) is 5.11 Å². The van der Waals surface area contributed by atoms with E-state index >= 15 is 0 Å². The summed E-state index contributed by atoms with van der Waals surface area (Å²) in [5, 5.41) is 9.07. The lowest BCUT2D eigenvalue weighted by Gasteiger charge is -2.24. The Labute approximate surface area is 122 Å². The molecule has 6 nitrogen and oxygen atoms in total. The molecule has 118 valence electrons. The van der Waals surface area contributed by atoms with Gasteiger partial charge in [0.15, 0.2) is 0 Å². The maximum absolute atomic E-state index is 11.5. The molecule has 0 aromatic rings. The van der Waals surface area contributed by atoms with E-state index in [-0.39, 0.29) is 5.91 Å². The highest BCUT2D eigenvalue weighted by Crippen LogP contribution is 2.07. The fourth-order valence-electron chi connectivity index (χ4n) is 1.99. The Morgan fingerprint density at radius 2 is 1.60 bits per heavy atom. The third kappa shape index (κ3) is 8.12. The average Bonchev–Trinajstić information content (AvgIpc) is 2.30. The molecule has 0 bridgehead atoms. The minimum absolute atomic E-state index is 0.0780. The van der Waals surface area contributed by atoms with Gasteiger partial charge in [-0.15, -0.1) is 0 Å². The van der Waals surface area contributed by atoms with E-state index in [1.54, 1.807) is 25.9 Å². The van der Waals surface area contributed by atoms with E-state index in [1.165, 1.54) is 0 Å². The second kappa shape index (κ2) is 9.72. The molecule has 0 spiro atoms. The molecule has 0 aliphatic rings. The fraction of sp³-hybridized carbons (Fsp3) is 0.857. The first-order chi connectivity index (χ1) is 9.25. The number of likely N-dealkylation sites (N-methyl/N-ethyl adjacent to an activating group) is 2. The lowest BCUT2D eigenvalue weighted by molar-refractivity contribution is -0.142. The van der Waals surface area contributed by atoms with Crippen molar-refractivity contribution in [3.63, 3.8) is 0 Å². The molecule has 1 amide bonds. The van der Waals surface area contributed by atoms with Gasteiger partial charge >= 0.3 is 5.97 Å². The molecule has 0 fully saturated rings. The number of aliphatic carboxylic acids is 1. The number of nitrogens with zero attached hydrogens (tertiary/aromatic N) is 3. The van der Waals surface area contributed by atoms with Crippen LogP contribution in [0.3, 0.4) is 0 Å². The van der Waals surface area contributed by atoms with Gasteiger partial charge < -0.3 is 14.9 Å². The van der Waals surface area contributed by atoms with E-state index < -0.39 is 12.0 Å². The molecule has 0 radical (unpaired) electrons. The van der Waals surface area contributed by atoms with E-state index in [9.17, 15) is 9.59 Å². The van der Waals surface area contributed by atoms with Crippen LogP contribution in [0.2, 0.25) is 0 Å². The van der Waals surface area contributed by atoms with Crippen LogP contribution in [0.15, 0.2) is 0 Å². The summed E-state index contributed by atoms with van der Waals surface area (Å²) < 4.78 is 0. The maximum Gasteiger partial charge on any atom is 0.320 e. The summed E-state index contributed by atoms with van der Waals surface area (Å²) in [6.07, 6.45) is 2.26. The van der Waals surface area contributed by atoms with Crippen molar-refractivity contribution in [3.8, 4) is 0 Å². The largest absolute Gasteiger partial charge is 0.480 e. The second-order valence-corrected chi connectivity index (χ2v) is 5.62. The van der Waals surface area contributed by atoms with E-state index in [1.807, 2.05) is 23.9 Å². The first kappa shape index (κ1) is 18.9. The Hall–Kier alpha value is -1.14. The predicted octanol–water partition coefficient (Wildman–Crippen LogP) is 0.582. The van der Waals surface area contributed by atoms with Crippen LogP contribution in [-0.4, -0.2) is 85.5 Å². The number of unbranched alkanes of at least 4 members (excludes halogenated alkanes) is 1. The average molecular weight is 287 g/mol. The van der Waals surface area contributed by atoms with Crippen molar-refractivity contribution >= 4 is 11.9 Å². The summed E-state index contributed by atoms with van der Waals surface area (Å²) in [5.41, 5.74) is 0. The molecule has 20 heavy (non-hydrogen) atoms. The molecule has 0 aliphatic heterocycles. The van der Waals surface area contributed by atoms with Crippen LogP contribution in [0.5, 0.6) is 0 Å². The number of carboxylic acid groups (broad SMARTS) is 1. The molecule has 0 saturated heterocycles. The highest BCUT2D eigenvalue weighted by molar-refractivity contribution is 5.73. The van der Waals surface area contributed by atoms with Crippen molar-refractivity contribution in [2.24, 2.45) is 0 Å². The third-order valence-electron chi connectivity index (χ3n) is 3.33. The van der Waals surface area contributed by atoms with Crippen LogP contribution >= 0.6 is 0 Å². The summed E-state index contributed by atoms with van der Waals surface area (Å²) >= 11 is 0. The van der Waals surface area contributed by atoms with Crippen molar-refractivity contribution in [1.82, 2.24) is 14.7 Å². The number of amides is 1. The fourth-order valence-corrected chi connectivity index (χ4v) is 1.99. The highest BCUT2D eigenvalue weighted by atomic mass is 16.4. The van der Waals surface area contributed by atoms with Gasteiger partial charge in [-0.1, -0.05) is 0 Å². The van der Waals surface area contributed by atoms with Crippen LogP contribution in [-0.2, 0) is 9.59 Å². The summed E-state index contributed by atoms with van der Waals surface area (Å²) in [4.78, 5) is 28.1. The SMILES string of the molecule is CC(=O)N(CCCCC(C(=O)O)N(C)C)CCN(C)C. The molecule has 0 aliphatic carbocycles. The molecular weight excluding hydrogens is 258 g/mol. The summed E-state index contributed by atoms with van der Waals surface area (Å²) in [6, 6.07) is -0.442. The molecule has 0 saturated carbocycles. The maximum atomic E-state index is 11.5. The summed E-state index contributed by atoms with van der Waals surface area (Å²) in [6.45, 7) is 3.84. The monoisotopic (exact) mass is 287 g/mol. The number of carbonyl (C=O) groups excluding carboxylic acids is 1. The molecule has 1 atom stereocenters. The van der Waals surface area contributed by atoms with Crippen molar-refractivity contribution < 1.29 is 14.7 Å². The normalized spacial score (nSPS) is 12.8. The Kier molecular flexibility index (Phi) is 9.16. The molecule has 0 aromatic heterocycles. The van der Waals surface area contributed by atoms with E-state index in [0.717, 1.165) is 25.9 Å². The zero-order chi connectivity index (χ0) is 15.7. The molecule has 1 N–H and O–H groups in total. The second-order valence-electron chi connectivity index (χ2n) is 5.62. The first-order valence-corrected chi connectivity index (χ1v) is 7.05. The zero-order valence-electron chi connectivity index (χ0n) is 13.4. The number of carbonyl (C=O) groups is 2. The van der Waals surface area contributed by atoms with Crippen LogP contribution in [0.1, 0.15) is 26.2 Å². The van der Waals surface area contributed by atoms with Crippen LogP contribution in [0.4, 0.5) is 0 Å². The lowest BCUT2D eigenvalue weighted by Crippen LogP contribution is -2.37. The van der Waals surface area contributed by atoms with Crippen molar-refractivity contribution in [2.75, 3.05) is 47.8 Å². The van der Waals surface area contributed by atoms with Gasteiger partial charge in [0.05, 0.1) is 0 Å². The van der Waals surface area contributed by atoms with Crippen molar-refractivity contribution in [3.05, 3.63) is 0 Å². The Morgan fingerprint density at radius 1 is 1.00 bits per heavy atom. The van der Waals surface area contributed by atoms with Gasteiger partial charge in [-0.05, 0) is 47.5 Å². The van der Waals surface area contributed by atoms with Gasteiger partial charge in [0.1, 0.15) is 6.04 Å². The molecule has 0 aromatic carbocycles. The van der Waals surface area contributed by atoms with E-state index in [2.05, 4.69) is 0 Å². The minimum atomic E-state index is -0.786. The van der Waals surface area contributed by atoms with Crippen LogP contribution in [0, 0.1) is 0 Å². The summed E-state index contributed by atoms with van der Waals surface area (Å²) in [5.74, 6) is -0.708. The molecule has 0 heterocycles. The van der Waals surface area contributed by atoms with Crippen molar-refractivity contribution in [2.45, 2.75) is 32.2 Å².